The SMILES string of the molecule is CCCC(C)(CC)c1ccc(N(c2ccc(-c3ccc(Oc4ccccc4)cc3)cc2)c2ccc(C(C)(CC)CCC)cc2)cc1. The Morgan fingerprint density at radius 1 is 0.457 bits per heavy atom. The predicted octanol–water partition coefficient (Wildman–Crippen LogP) is 13.6. The lowest BCUT2D eigenvalue weighted by Crippen LogP contribution is -2.21. The van der Waals surface area contributed by atoms with E-state index in [4.69, 9.17) is 4.74 Å². The van der Waals surface area contributed by atoms with Gasteiger partial charge in [-0.1, -0.05) is 121 Å². The Morgan fingerprint density at radius 2 is 0.826 bits per heavy atom. The van der Waals surface area contributed by atoms with Gasteiger partial charge >= 0.3 is 0 Å². The minimum atomic E-state index is 0.201. The van der Waals surface area contributed by atoms with Gasteiger partial charge in [0.25, 0.3) is 0 Å². The topological polar surface area (TPSA) is 12.5 Å². The van der Waals surface area contributed by atoms with Crippen LogP contribution in [0.4, 0.5) is 17.1 Å². The highest BCUT2D eigenvalue weighted by atomic mass is 16.5. The van der Waals surface area contributed by atoms with E-state index in [1.807, 2.05) is 42.5 Å². The Bertz CT molecular complexity index is 1580. The molecule has 2 atom stereocenters. The lowest BCUT2D eigenvalue weighted by atomic mass is 9.76. The first-order chi connectivity index (χ1) is 22.3. The van der Waals surface area contributed by atoms with Crippen LogP contribution < -0.4 is 9.64 Å². The van der Waals surface area contributed by atoms with E-state index in [9.17, 15) is 0 Å². The van der Waals surface area contributed by atoms with E-state index in [1.165, 1.54) is 53.7 Å². The summed E-state index contributed by atoms with van der Waals surface area (Å²) < 4.78 is 6.01. The zero-order valence-electron chi connectivity index (χ0n) is 28.7. The van der Waals surface area contributed by atoms with Gasteiger partial charge in [0.05, 0.1) is 0 Å². The molecule has 0 bridgehead atoms. The lowest BCUT2D eigenvalue weighted by Gasteiger charge is -2.31. The van der Waals surface area contributed by atoms with E-state index >= 15 is 0 Å². The Balaban J connectivity index is 1.46. The molecule has 2 unspecified atom stereocenters. The first kappa shape index (κ1) is 33.1. The predicted molar refractivity (Wildman–Crippen MR) is 198 cm³/mol. The molecule has 0 saturated heterocycles. The normalized spacial score (nSPS) is 13.9. The first-order valence-electron chi connectivity index (χ1n) is 17.3. The van der Waals surface area contributed by atoms with Crippen molar-refractivity contribution in [3.05, 3.63) is 139 Å². The Labute approximate surface area is 278 Å². The number of hydrogen-bond acceptors (Lipinski definition) is 2. The maximum atomic E-state index is 6.01. The van der Waals surface area contributed by atoms with Gasteiger partial charge in [-0.15, -0.1) is 0 Å². The smallest absolute Gasteiger partial charge is 0.127 e. The van der Waals surface area contributed by atoms with Gasteiger partial charge in [0, 0.05) is 17.1 Å². The monoisotopic (exact) mass is 609 g/mol. The molecule has 0 aliphatic heterocycles. The summed E-state index contributed by atoms with van der Waals surface area (Å²) >= 11 is 0. The average Bonchev–Trinajstić information content (AvgIpc) is 3.10. The highest BCUT2D eigenvalue weighted by Gasteiger charge is 2.25. The van der Waals surface area contributed by atoms with E-state index < -0.39 is 0 Å². The van der Waals surface area contributed by atoms with E-state index in [0.29, 0.717) is 0 Å². The highest BCUT2D eigenvalue weighted by molar-refractivity contribution is 5.78. The third-order valence-electron chi connectivity index (χ3n) is 10.1. The summed E-state index contributed by atoms with van der Waals surface area (Å²) in [4.78, 5) is 2.39. The molecular weight excluding hydrogens is 558 g/mol. The molecule has 0 radical (unpaired) electrons. The molecule has 2 nitrogen and oxygen atoms in total. The zero-order valence-corrected chi connectivity index (χ0v) is 28.7. The minimum absolute atomic E-state index is 0.201. The second kappa shape index (κ2) is 14.9. The van der Waals surface area contributed by atoms with Crippen molar-refractivity contribution in [1.82, 2.24) is 0 Å². The van der Waals surface area contributed by atoms with Crippen LogP contribution in [-0.2, 0) is 10.8 Å². The molecule has 0 amide bonds. The van der Waals surface area contributed by atoms with Gasteiger partial charge < -0.3 is 9.64 Å². The van der Waals surface area contributed by atoms with Crippen LogP contribution in [0, 0.1) is 0 Å². The lowest BCUT2D eigenvalue weighted by molar-refractivity contribution is 0.414. The van der Waals surface area contributed by atoms with Gasteiger partial charge in [-0.3, -0.25) is 0 Å². The fourth-order valence-electron chi connectivity index (χ4n) is 6.77. The fourth-order valence-corrected chi connectivity index (χ4v) is 6.77. The molecule has 0 aliphatic rings. The van der Waals surface area contributed by atoms with Gasteiger partial charge in [-0.25, -0.2) is 0 Å². The van der Waals surface area contributed by atoms with Gasteiger partial charge in [-0.05, 0) is 119 Å². The van der Waals surface area contributed by atoms with Gasteiger partial charge in [0.1, 0.15) is 11.5 Å². The van der Waals surface area contributed by atoms with Crippen molar-refractivity contribution >= 4 is 17.1 Å². The summed E-state index contributed by atoms with van der Waals surface area (Å²) in [5, 5.41) is 0. The summed E-state index contributed by atoms with van der Waals surface area (Å²) in [5.74, 6) is 1.68. The largest absolute Gasteiger partial charge is 0.457 e. The summed E-state index contributed by atoms with van der Waals surface area (Å²) in [7, 11) is 0. The molecule has 5 aromatic rings. The third-order valence-corrected chi connectivity index (χ3v) is 10.1. The van der Waals surface area contributed by atoms with Crippen LogP contribution in [0.5, 0.6) is 11.5 Å². The van der Waals surface area contributed by atoms with E-state index in [2.05, 4.69) is 131 Å². The molecule has 238 valence electrons. The van der Waals surface area contributed by atoms with Crippen LogP contribution in [0.2, 0.25) is 0 Å². The third kappa shape index (κ3) is 7.39. The Kier molecular flexibility index (Phi) is 10.7. The fraction of sp³-hybridized carbons (Fsp3) is 0.318. The molecule has 0 fully saturated rings. The van der Waals surface area contributed by atoms with Crippen LogP contribution in [0.15, 0.2) is 127 Å². The quantitative estimate of drug-likeness (QED) is 0.124. The van der Waals surface area contributed by atoms with Crippen LogP contribution >= 0.6 is 0 Å². The molecule has 0 heterocycles. The molecule has 0 aliphatic carbocycles. The number of hydrogen-bond donors (Lipinski definition) is 0. The second-order valence-electron chi connectivity index (χ2n) is 13.2. The standard InChI is InChI=1S/C44H51NO/c1-7-32-43(5,9-3)36-20-26-39(27-21-36)45(40-28-22-37(23-29-40)44(6,10-4)33-8-2)38-24-16-34(17-25-38)35-18-30-42(31-19-35)46-41-14-12-11-13-15-41/h11-31H,7-10,32-33H2,1-6H3. The van der Waals surface area contributed by atoms with Crippen molar-refractivity contribution in [2.45, 2.75) is 90.9 Å². The zero-order chi connectivity index (χ0) is 32.6. The van der Waals surface area contributed by atoms with Crippen LogP contribution in [0.1, 0.15) is 91.2 Å². The molecule has 2 heteroatoms. The maximum absolute atomic E-state index is 6.01. The summed E-state index contributed by atoms with van der Waals surface area (Å²) in [6.07, 6.45) is 7.05. The molecule has 0 N–H and O–H groups in total. The number of nitrogens with zero attached hydrogens (tertiary/aromatic N) is 1. The summed E-state index contributed by atoms with van der Waals surface area (Å²) in [5.41, 5.74) is 9.08. The number of benzene rings is 5. The van der Waals surface area contributed by atoms with Crippen molar-refractivity contribution in [1.29, 1.82) is 0 Å². The molecule has 0 aromatic heterocycles. The van der Waals surface area contributed by atoms with Crippen molar-refractivity contribution in [2.75, 3.05) is 4.90 Å². The van der Waals surface area contributed by atoms with Crippen molar-refractivity contribution < 1.29 is 4.74 Å². The maximum Gasteiger partial charge on any atom is 0.127 e. The molecular formula is C44H51NO. The van der Waals surface area contributed by atoms with Gasteiger partial charge in [0.2, 0.25) is 0 Å². The second-order valence-corrected chi connectivity index (χ2v) is 13.2. The summed E-state index contributed by atoms with van der Waals surface area (Å²) in [6, 6.07) is 45.8. The van der Waals surface area contributed by atoms with Crippen LogP contribution in [0.25, 0.3) is 11.1 Å². The summed E-state index contributed by atoms with van der Waals surface area (Å²) in [6.45, 7) is 14.0. The van der Waals surface area contributed by atoms with Crippen molar-refractivity contribution in [3.8, 4) is 22.6 Å². The van der Waals surface area contributed by atoms with Gasteiger partial charge in [0.15, 0.2) is 0 Å². The van der Waals surface area contributed by atoms with E-state index in [1.54, 1.807) is 0 Å². The van der Waals surface area contributed by atoms with Crippen molar-refractivity contribution in [3.63, 3.8) is 0 Å². The average molecular weight is 610 g/mol. The number of anilines is 3. The first-order valence-corrected chi connectivity index (χ1v) is 17.3. The molecule has 5 rings (SSSR count). The number of rotatable bonds is 14. The number of ether oxygens (including phenoxy) is 1. The highest BCUT2D eigenvalue weighted by Crippen LogP contribution is 2.40. The van der Waals surface area contributed by atoms with Crippen molar-refractivity contribution in [2.24, 2.45) is 0 Å². The molecule has 5 aromatic carbocycles. The number of para-hydroxylation sites is 1. The molecule has 0 saturated carbocycles. The Hall–Kier alpha value is -4.30. The molecule has 46 heavy (non-hydrogen) atoms. The Morgan fingerprint density at radius 3 is 1.22 bits per heavy atom. The van der Waals surface area contributed by atoms with E-state index in [0.717, 1.165) is 35.6 Å². The molecule has 0 spiro atoms. The van der Waals surface area contributed by atoms with Crippen LogP contribution in [0.3, 0.4) is 0 Å². The van der Waals surface area contributed by atoms with Crippen LogP contribution in [-0.4, -0.2) is 0 Å². The van der Waals surface area contributed by atoms with E-state index in [-0.39, 0.29) is 10.8 Å². The minimum Gasteiger partial charge on any atom is -0.457 e. The van der Waals surface area contributed by atoms with Gasteiger partial charge in [-0.2, -0.15) is 0 Å².